The molecule has 4 rings (SSSR count). The van der Waals surface area contributed by atoms with Crippen molar-refractivity contribution in [1.29, 1.82) is 5.26 Å². The van der Waals surface area contributed by atoms with Crippen molar-refractivity contribution in [3.63, 3.8) is 0 Å². The van der Waals surface area contributed by atoms with Crippen molar-refractivity contribution in [2.45, 2.75) is 6.54 Å². The highest BCUT2D eigenvalue weighted by Crippen LogP contribution is 2.34. The SMILES string of the molecule is CN(C)C(=O)c1cc(NCc2ccco2)cc2c(Nc3ccc(F)c(Cl)c3)c(C#N)cnc12. The second-order valence-electron chi connectivity index (χ2n) is 7.47. The molecule has 0 atom stereocenters. The van der Waals surface area contributed by atoms with Crippen molar-refractivity contribution in [1.82, 2.24) is 9.88 Å². The van der Waals surface area contributed by atoms with Crippen molar-refractivity contribution >= 4 is 45.5 Å². The van der Waals surface area contributed by atoms with Gasteiger partial charge in [0.1, 0.15) is 17.6 Å². The molecule has 0 aliphatic carbocycles. The fraction of sp³-hybridized carbons (Fsp3) is 0.125. The zero-order valence-electron chi connectivity index (χ0n) is 17.8. The number of carbonyl (C=O) groups excluding carboxylic acids is 1. The average Bonchev–Trinajstić information content (AvgIpc) is 3.33. The van der Waals surface area contributed by atoms with Crippen LogP contribution in [0.3, 0.4) is 0 Å². The third kappa shape index (κ3) is 4.59. The van der Waals surface area contributed by atoms with E-state index in [0.717, 1.165) is 5.76 Å². The molecule has 0 bridgehead atoms. The molecule has 0 saturated heterocycles. The van der Waals surface area contributed by atoms with Crippen LogP contribution >= 0.6 is 11.6 Å². The Kier molecular flexibility index (Phi) is 6.16. The van der Waals surface area contributed by atoms with E-state index in [1.807, 2.05) is 6.07 Å². The first-order valence-corrected chi connectivity index (χ1v) is 10.3. The summed E-state index contributed by atoms with van der Waals surface area (Å²) in [5.74, 6) is -0.0704. The van der Waals surface area contributed by atoms with Gasteiger partial charge < -0.3 is 20.0 Å². The third-order valence-corrected chi connectivity index (χ3v) is 5.25. The number of furan rings is 1. The number of nitrogens with zero attached hydrogens (tertiary/aromatic N) is 3. The average molecular weight is 464 g/mol. The molecule has 0 spiro atoms. The molecule has 2 N–H and O–H groups in total. The van der Waals surface area contributed by atoms with E-state index in [0.29, 0.717) is 40.1 Å². The summed E-state index contributed by atoms with van der Waals surface area (Å²) in [6, 6.07) is 13.4. The number of anilines is 3. The summed E-state index contributed by atoms with van der Waals surface area (Å²) in [6.07, 6.45) is 2.98. The van der Waals surface area contributed by atoms with E-state index in [-0.39, 0.29) is 16.5 Å². The molecule has 166 valence electrons. The van der Waals surface area contributed by atoms with E-state index in [9.17, 15) is 14.4 Å². The van der Waals surface area contributed by atoms with Crippen LogP contribution in [0.1, 0.15) is 21.7 Å². The van der Waals surface area contributed by atoms with Crippen LogP contribution in [0.4, 0.5) is 21.5 Å². The molecule has 0 unspecified atom stereocenters. The van der Waals surface area contributed by atoms with Gasteiger partial charge in [-0.05, 0) is 42.5 Å². The predicted molar refractivity (Wildman–Crippen MR) is 125 cm³/mol. The molecule has 33 heavy (non-hydrogen) atoms. The Morgan fingerprint density at radius 1 is 1.24 bits per heavy atom. The van der Waals surface area contributed by atoms with E-state index in [4.69, 9.17) is 16.0 Å². The summed E-state index contributed by atoms with van der Waals surface area (Å²) in [4.78, 5) is 18.8. The Bertz CT molecular complexity index is 1380. The summed E-state index contributed by atoms with van der Waals surface area (Å²) in [6.45, 7) is 0.399. The number of benzene rings is 2. The third-order valence-electron chi connectivity index (χ3n) is 4.96. The van der Waals surface area contributed by atoms with Gasteiger partial charge in [-0.25, -0.2) is 4.39 Å². The van der Waals surface area contributed by atoms with Gasteiger partial charge in [0.15, 0.2) is 0 Å². The van der Waals surface area contributed by atoms with Gasteiger partial charge >= 0.3 is 0 Å². The summed E-state index contributed by atoms with van der Waals surface area (Å²) < 4.78 is 19.0. The Hall–Kier alpha value is -4.09. The van der Waals surface area contributed by atoms with Crippen LogP contribution in [0.5, 0.6) is 0 Å². The van der Waals surface area contributed by atoms with Gasteiger partial charge in [-0.2, -0.15) is 5.26 Å². The minimum absolute atomic E-state index is 0.0545. The quantitative estimate of drug-likeness (QED) is 0.389. The van der Waals surface area contributed by atoms with E-state index in [1.54, 1.807) is 38.6 Å². The van der Waals surface area contributed by atoms with Gasteiger partial charge in [-0.15, -0.1) is 0 Å². The normalized spacial score (nSPS) is 10.6. The lowest BCUT2D eigenvalue weighted by atomic mass is 10.0. The van der Waals surface area contributed by atoms with Gasteiger partial charge in [0, 0.05) is 37.1 Å². The van der Waals surface area contributed by atoms with Crippen LogP contribution < -0.4 is 10.6 Å². The molecule has 0 radical (unpaired) electrons. The van der Waals surface area contributed by atoms with Crippen LogP contribution in [0.15, 0.2) is 59.3 Å². The molecule has 7 nitrogen and oxygen atoms in total. The van der Waals surface area contributed by atoms with E-state index >= 15 is 0 Å². The Morgan fingerprint density at radius 3 is 2.73 bits per heavy atom. The van der Waals surface area contributed by atoms with Gasteiger partial charge in [-0.3, -0.25) is 9.78 Å². The predicted octanol–water partition coefficient (Wildman–Crippen LogP) is 5.55. The van der Waals surface area contributed by atoms with Crippen molar-refractivity contribution in [2.24, 2.45) is 0 Å². The first kappa shape index (κ1) is 22.1. The van der Waals surface area contributed by atoms with E-state index in [1.165, 1.54) is 29.3 Å². The maximum absolute atomic E-state index is 13.6. The first-order chi connectivity index (χ1) is 15.9. The van der Waals surface area contributed by atoms with Crippen LogP contribution in [-0.2, 0) is 6.54 Å². The second-order valence-corrected chi connectivity index (χ2v) is 7.87. The number of halogens is 2. The highest BCUT2D eigenvalue weighted by Gasteiger charge is 2.19. The molecule has 9 heteroatoms. The molecule has 0 fully saturated rings. The largest absolute Gasteiger partial charge is 0.467 e. The van der Waals surface area contributed by atoms with Crippen molar-refractivity contribution in [2.75, 3.05) is 24.7 Å². The number of carbonyl (C=O) groups is 1. The van der Waals surface area contributed by atoms with Gasteiger partial charge in [-0.1, -0.05) is 11.6 Å². The van der Waals surface area contributed by atoms with Crippen molar-refractivity contribution in [3.8, 4) is 6.07 Å². The van der Waals surface area contributed by atoms with Crippen molar-refractivity contribution in [3.05, 3.63) is 82.7 Å². The maximum Gasteiger partial charge on any atom is 0.255 e. The number of nitriles is 1. The summed E-state index contributed by atoms with van der Waals surface area (Å²) in [7, 11) is 3.31. The molecule has 0 aliphatic heterocycles. The van der Waals surface area contributed by atoms with Crippen LogP contribution in [0.25, 0.3) is 10.9 Å². The lowest BCUT2D eigenvalue weighted by Gasteiger charge is -2.17. The molecule has 0 saturated carbocycles. The molecule has 1 amide bonds. The summed E-state index contributed by atoms with van der Waals surface area (Å²) >= 11 is 5.93. The van der Waals surface area contributed by atoms with Gasteiger partial charge in [0.05, 0.1) is 40.2 Å². The number of aromatic nitrogens is 1. The molecule has 2 aromatic heterocycles. The maximum atomic E-state index is 13.6. The standard InChI is InChI=1S/C24H19ClFN5O2/c1-31(2)24(32)19-9-16(28-13-17-4-3-7-33-17)8-18-22(14(11-27)12-29-23(18)19)30-15-5-6-21(26)20(25)10-15/h3-10,12,28H,13H2,1-2H3,(H,29,30). The highest BCUT2D eigenvalue weighted by atomic mass is 35.5. The number of amides is 1. The number of fused-ring (bicyclic) bond motifs is 1. The van der Waals surface area contributed by atoms with E-state index < -0.39 is 5.82 Å². The lowest BCUT2D eigenvalue weighted by molar-refractivity contribution is 0.0829. The fourth-order valence-electron chi connectivity index (χ4n) is 3.35. The zero-order valence-corrected chi connectivity index (χ0v) is 18.6. The molecule has 4 aromatic rings. The zero-order chi connectivity index (χ0) is 23.5. The lowest BCUT2D eigenvalue weighted by Crippen LogP contribution is -2.22. The van der Waals surface area contributed by atoms with Gasteiger partial charge in [0.25, 0.3) is 5.91 Å². The number of nitrogens with one attached hydrogen (secondary N) is 2. The Morgan fingerprint density at radius 2 is 2.06 bits per heavy atom. The Labute approximate surface area is 194 Å². The second kappa shape index (κ2) is 9.18. The van der Waals surface area contributed by atoms with Crippen LogP contribution in [0.2, 0.25) is 5.02 Å². The topological polar surface area (TPSA) is 94.2 Å². The van der Waals surface area contributed by atoms with Gasteiger partial charge in [0.2, 0.25) is 0 Å². The monoisotopic (exact) mass is 463 g/mol. The first-order valence-electron chi connectivity index (χ1n) is 9.94. The van der Waals surface area contributed by atoms with E-state index in [2.05, 4.69) is 21.7 Å². The minimum Gasteiger partial charge on any atom is -0.467 e. The smallest absolute Gasteiger partial charge is 0.255 e. The Balaban J connectivity index is 1.88. The molecule has 2 heterocycles. The fourth-order valence-corrected chi connectivity index (χ4v) is 3.53. The minimum atomic E-state index is -0.550. The number of hydrogen-bond acceptors (Lipinski definition) is 6. The van der Waals surface area contributed by atoms with Crippen LogP contribution in [0, 0.1) is 17.1 Å². The summed E-state index contributed by atoms with van der Waals surface area (Å²) in [5, 5.41) is 16.6. The van der Waals surface area contributed by atoms with Crippen molar-refractivity contribution < 1.29 is 13.6 Å². The molecular formula is C24H19ClFN5O2. The molecular weight excluding hydrogens is 445 g/mol. The molecule has 0 aliphatic rings. The summed E-state index contributed by atoms with van der Waals surface area (Å²) in [5.41, 5.74) is 2.60. The highest BCUT2D eigenvalue weighted by molar-refractivity contribution is 6.31. The number of hydrogen-bond donors (Lipinski definition) is 2. The van der Waals surface area contributed by atoms with Crippen LogP contribution in [-0.4, -0.2) is 29.9 Å². The molecule has 2 aromatic carbocycles. The number of pyridine rings is 1. The number of rotatable bonds is 6.